The third kappa shape index (κ3) is 1.39. The molecule has 2 N–H and O–H groups in total. The molecule has 0 unspecified atom stereocenters. The van der Waals surface area contributed by atoms with Crippen LogP contribution in [-0.4, -0.2) is 16.0 Å². The Morgan fingerprint density at radius 2 is 1.60 bits per heavy atom. The highest BCUT2D eigenvalue weighted by molar-refractivity contribution is 6.02. The first kappa shape index (κ1) is 11.8. The predicted octanol–water partition coefficient (Wildman–Crippen LogP) is 2.56. The van der Waals surface area contributed by atoms with Gasteiger partial charge in [0.2, 0.25) is 0 Å². The van der Waals surface area contributed by atoms with Crippen molar-refractivity contribution in [2.45, 2.75) is 25.0 Å². The standard InChI is InChI=1S/C17H14O3/c18-14-8-7-12-10(14)5-6-11-9-3-1-2-4-13(9)16(19)17(20)15(11)12/h1-6,16-17,19-20H,7-8H2/t16-,17-/m1/s1. The second kappa shape index (κ2) is 4.01. The molecule has 0 saturated heterocycles. The van der Waals surface area contributed by atoms with E-state index in [-0.39, 0.29) is 5.78 Å². The number of Topliss-reactive ketones (excluding diaryl/α,β-unsaturated/α-hetero) is 1. The van der Waals surface area contributed by atoms with Gasteiger partial charge in [0.25, 0.3) is 0 Å². The highest BCUT2D eigenvalue weighted by atomic mass is 16.3. The number of carbonyl (C=O) groups is 1. The lowest BCUT2D eigenvalue weighted by Crippen LogP contribution is -2.19. The van der Waals surface area contributed by atoms with Gasteiger partial charge in [-0.05, 0) is 34.2 Å². The number of fused-ring (bicyclic) bond motifs is 5. The summed E-state index contributed by atoms with van der Waals surface area (Å²) in [5.74, 6) is 0.128. The van der Waals surface area contributed by atoms with Crippen LogP contribution >= 0.6 is 0 Å². The number of aliphatic hydroxyl groups excluding tert-OH is 2. The summed E-state index contributed by atoms with van der Waals surface area (Å²) >= 11 is 0. The van der Waals surface area contributed by atoms with E-state index in [9.17, 15) is 15.0 Å². The summed E-state index contributed by atoms with van der Waals surface area (Å²) in [5, 5.41) is 20.8. The topological polar surface area (TPSA) is 57.5 Å². The van der Waals surface area contributed by atoms with E-state index in [1.54, 1.807) is 0 Å². The third-order valence-electron chi connectivity index (χ3n) is 4.42. The maximum absolute atomic E-state index is 11.8. The number of hydrogen-bond donors (Lipinski definition) is 2. The molecule has 2 aliphatic carbocycles. The molecule has 3 heteroatoms. The van der Waals surface area contributed by atoms with Crippen LogP contribution in [0.4, 0.5) is 0 Å². The van der Waals surface area contributed by atoms with E-state index in [1.165, 1.54) is 0 Å². The van der Waals surface area contributed by atoms with Crippen LogP contribution in [0.3, 0.4) is 0 Å². The fraction of sp³-hybridized carbons (Fsp3) is 0.235. The minimum atomic E-state index is -0.958. The monoisotopic (exact) mass is 266 g/mol. The maximum atomic E-state index is 11.8. The molecule has 0 aromatic heterocycles. The Labute approximate surface area is 116 Å². The normalized spacial score (nSPS) is 23.2. The van der Waals surface area contributed by atoms with Crippen LogP contribution in [0.2, 0.25) is 0 Å². The summed E-state index contributed by atoms with van der Waals surface area (Å²) in [6.45, 7) is 0. The van der Waals surface area contributed by atoms with Gasteiger partial charge < -0.3 is 10.2 Å². The van der Waals surface area contributed by atoms with Gasteiger partial charge in [0.05, 0.1) is 0 Å². The van der Waals surface area contributed by atoms with Crippen molar-refractivity contribution in [2.75, 3.05) is 0 Å². The molecule has 0 amide bonds. The van der Waals surface area contributed by atoms with Crippen LogP contribution in [0.15, 0.2) is 36.4 Å². The first-order valence-electron chi connectivity index (χ1n) is 6.83. The van der Waals surface area contributed by atoms with Crippen molar-refractivity contribution in [1.82, 2.24) is 0 Å². The third-order valence-corrected chi connectivity index (χ3v) is 4.42. The van der Waals surface area contributed by atoms with Crippen molar-refractivity contribution in [3.8, 4) is 11.1 Å². The fourth-order valence-corrected chi connectivity index (χ4v) is 3.47. The summed E-state index contributed by atoms with van der Waals surface area (Å²) in [5.41, 5.74) is 4.98. The van der Waals surface area contributed by atoms with Crippen molar-refractivity contribution in [3.05, 3.63) is 58.7 Å². The van der Waals surface area contributed by atoms with Crippen LogP contribution < -0.4 is 0 Å². The molecule has 0 aliphatic heterocycles. The van der Waals surface area contributed by atoms with Crippen molar-refractivity contribution in [3.63, 3.8) is 0 Å². The van der Waals surface area contributed by atoms with Gasteiger partial charge in [0.1, 0.15) is 12.2 Å². The summed E-state index contributed by atoms with van der Waals surface area (Å²) in [6, 6.07) is 11.3. The Morgan fingerprint density at radius 1 is 0.850 bits per heavy atom. The lowest BCUT2D eigenvalue weighted by molar-refractivity contribution is 0.0153. The second-order valence-electron chi connectivity index (χ2n) is 5.45. The molecule has 0 fully saturated rings. The van der Waals surface area contributed by atoms with E-state index in [0.717, 1.165) is 27.8 Å². The van der Waals surface area contributed by atoms with Crippen molar-refractivity contribution >= 4 is 5.78 Å². The van der Waals surface area contributed by atoms with Crippen LogP contribution in [0.5, 0.6) is 0 Å². The molecule has 100 valence electrons. The van der Waals surface area contributed by atoms with Crippen LogP contribution in [0.1, 0.15) is 45.7 Å². The Bertz CT molecular complexity index is 733. The van der Waals surface area contributed by atoms with Crippen LogP contribution in [0.25, 0.3) is 11.1 Å². The van der Waals surface area contributed by atoms with Crippen LogP contribution in [0, 0.1) is 0 Å². The second-order valence-corrected chi connectivity index (χ2v) is 5.45. The Kier molecular flexibility index (Phi) is 2.37. The lowest BCUT2D eigenvalue weighted by atomic mass is 9.79. The number of aliphatic hydroxyl groups is 2. The van der Waals surface area contributed by atoms with E-state index in [4.69, 9.17) is 0 Å². The summed E-state index contributed by atoms with van der Waals surface area (Å²) in [7, 11) is 0. The largest absolute Gasteiger partial charge is 0.385 e. The number of hydrogen-bond acceptors (Lipinski definition) is 3. The zero-order valence-electron chi connectivity index (χ0n) is 10.8. The predicted molar refractivity (Wildman–Crippen MR) is 74.4 cm³/mol. The van der Waals surface area contributed by atoms with Gasteiger partial charge in [-0.25, -0.2) is 0 Å². The average Bonchev–Trinajstić information content (AvgIpc) is 2.86. The fourth-order valence-electron chi connectivity index (χ4n) is 3.47. The van der Waals surface area contributed by atoms with Gasteiger partial charge in [0, 0.05) is 12.0 Å². The summed E-state index contributed by atoms with van der Waals surface area (Å²) in [4.78, 5) is 11.8. The van der Waals surface area contributed by atoms with E-state index < -0.39 is 12.2 Å². The zero-order chi connectivity index (χ0) is 13.9. The van der Waals surface area contributed by atoms with Gasteiger partial charge in [-0.2, -0.15) is 0 Å². The Balaban J connectivity index is 2.06. The minimum absolute atomic E-state index is 0.128. The summed E-state index contributed by atoms with van der Waals surface area (Å²) < 4.78 is 0. The number of benzene rings is 2. The molecule has 4 rings (SSSR count). The lowest BCUT2D eigenvalue weighted by Gasteiger charge is -2.30. The molecule has 2 atom stereocenters. The van der Waals surface area contributed by atoms with Gasteiger partial charge in [-0.1, -0.05) is 36.4 Å². The first-order chi connectivity index (χ1) is 9.68. The maximum Gasteiger partial charge on any atom is 0.163 e. The number of ketones is 1. The SMILES string of the molecule is O=C1CCc2c1ccc1c2[C@@H](O)[C@H](O)c2ccccc2-1. The van der Waals surface area contributed by atoms with Crippen molar-refractivity contribution < 1.29 is 15.0 Å². The molecule has 20 heavy (non-hydrogen) atoms. The Hall–Kier alpha value is -1.97. The Morgan fingerprint density at radius 3 is 2.45 bits per heavy atom. The van der Waals surface area contributed by atoms with Crippen molar-refractivity contribution in [1.29, 1.82) is 0 Å². The quantitative estimate of drug-likeness (QED) is 0.770. The molecule has 0 heterocycles. The first-order valence-corrected chi connectivity index (χ1v) is 6.83. The molecule has 0 saturated carbocycles. The molecule has 2 aromatic rings. The number of carbonyl (C=O) groups excluding carboxylic acids is 1. The molecule has 0 spiro atoms. The average molecular weight is 266 g/mol. The molecule has 0 radical (unpaired) electrons. The van der Waals surface area contributed by atoms with E-state index in [0.29, 0.717) is 18.4 Å². The molecular weight excluding hydrogens is 252 g/mol. The molecule has 2 aromatic carbocycles. The van der Waals surface area contributed by atoms with E-state index >= 15 is 0 Å². The zero-order valence-corrected chi connectivity index (χ0v) is 10.8. The molecule has 0 bridgehead atoms. The van der Waals surface area contributed by atoms with Crippen LogP contribution in [-0.2, 0) is 6.42 Å². The van der Waals surface area contributed by atoms with E-state index in [1.807, 2.05) is 36.4 Å². The van der Waals surface area contributed by atoms with E-state index in [2.05, 4.69) is 0 Å². The minimum Gasteiger partial charge on any atom is -0.385 e. The molecular formula is C17H14O3. The van der Waals surface area contributed by atoms with Gasteiger partial charge in [-0.15, -0.1) is 0 Å². The molecule has 3 nitrogen and oxygen atoms in total. The summed E-state index contributed by atoms with van der Waals surface area (Å²) in [6.07, 6.45) is -0.735. The highest BCUT2D eigenvalue weighted by Crippen LogP contribution is 2.47. The van der Waals surface area contributed by atoms with Crippen molar-refractivity contribution in [2.24, 2.45) is 0 Å². The highest BCUT2D eigenvalue weighted by Gasteiger charge is 2.35. The van der Waals surface area contributed by atoms with Gasteiger partial charge >= 0.3 is 0 Å². The van der Waals surface area contributed by atoms with Gasteiger partial charge in [-0.3, -0.25) is 4.79 Å². The number of rotatable bonds is 0. The van der Waals surface area contributed by atoms with Gasteiger partial charge in [0.15, 0.2) is 5.78 Å². The molecule has 2 aliphatic rings. The smallest absolute Gasteiger partial charge is 0.163 e.